The fourth-order valence-electron chi connectivity index (χ4n) is 2.25. The van der Waals surface area contributed by atoms with Crippen molar-refractivity contribution in [1.29, 1.82) is 0 Å². The van der Waals surface area contributed by atoms with Gasteiger partial charge in [0.15, 0.2) is 23.2 Å². The van der Waals surface area contributed by atoms with Crippen molar-refractivity contribution < 1.29 is 24.1 Å². The zero-order chi connectivity index (χ0) is 20.5. The van der Waals surface area contributed by atoms with Crippen LogP contribution in [-0.4, -0.2) is 42.7 Å². The molecule has 0 unspecified atom stereocenters. The van der Waals surface area contributed by atoms with Gasteiger partial charge in [0.1, 0.15) is 5.75 Å². The molecule has 0 heterocycles. The van der Waals surface area contributed by atoms with Crippen molar-refractivity contribution in [3.05, 3.63) is 48.0 Å². The Morgan fingerprint density at radius 1 is 1.11 bits per heavy atom. The number of hydrazone groups is 1. The number of anilines is 1. The van der Waals surface area contributed by atoms with Gasteiger partial charge in [-0.25, -0.2) is 4.79 Å². The van der Waals surface area contributed by atoms with Gasteiger partial charge in [0, 0.05) is 5.56 Å². The Morgan fingerprint density at radius 2 is 1.82 bits per heavy atom. The molecule has 0 amide bonds. The standard InChI is InChI=1S/C19H21N3O5S/c1-12(13-8-9-16(17(10-13)26-3)27-11-18(23)24)21-22-19(28)20-14-6-4-5-7-15(14)25-2/h4-10H,11H2,1-3H3,(H,23,24)(H2,20,22,28)/b21-12-. The maximum Gasteiger partial charge on any atom is 0.341 e. The van der Waals surface area contributed by atoms with Gasteiger partial charge < -0.3 is 24.6 Å². The van der Waals surface area contributed by atoms with Crippen molar-refractivity contribution in [2.45, 2.75) is 6.92 Å². The number of benzene rings is 2. The predicted molar refractivity (Wildman–Crippen MR) is 111 cm³/mol. The molecule has 0 aromatic heterocycles. The summed E-state index contributed by atoms with van der Waals surface area (Å²) in [4.78, 5) is 10.6. The van der Waals surface area contributed by atoms with Crippen molar-refractivity contribution in [2.24, 2.45) is 5.10 Å². The summed E-state index contributed by atoms with van der Waals surface area (Å²) < 4.78 is 15.7. The molecule has 2 aromatic carbocycles. The highest BCUT2D eigenvalue weighted by Crippen LogP contribution is 2.28. The molecule has 0 aliphatic carbocycles. The average molecular weight is 403 g/mol. The fourth-order valence-corrected chi connectivity index (χ4v) is 2.40. The summed E-state index contributed by atoms with van der Waals surface area (Å²) in [6.07, 6.45) is 0. The number of methoxy groups -OCH3 is 2. The maximum absolute atomic E-state index is 10.6. The number of thiocarbonyl (C=S) groups is 1. The van der Waals surface area contributed by atoms with E-state index in [1.807, 2.05) is 24.3 Å². The SMILES string of the molecule is COc1ccccc1NC(=S)N/N=C(/C)c1ccc(OCC(=O)O)c(OC)c1. The van der Waals surface area contributed by atoms with Crippen molar-refractivity contribution in [1.82, 2.24) is 5.43 Å². The van der Waals surface area contributed by atoms with Crippen molar-refractivity contribution in [3.63, 3.8) is 0 Å². The minimum Gasteiger partial charge on any atom is -0.495 e. The third-order valence-corrected chi connectivity index (χ3v) is 3.81. The molecular formula is C19H21N3O5S. The van der Waals surface area contributed by atoms with E-state index in [2.05, 4.69) is 15.8 Å². The van der Waals surface area contributed by atoms with E-state index in [9.17, 15) is 4.79 Å². The smallest absolute Gasteiger partial charge is 0.341 e. The Balaban J connectivity index is 2.06. The highest BCUT2D eigenvalue weighted by molar-refractivity contribution is 7.80. The van der Waals surface area contributed by atoms with Crippen LogP contribution in [-0.2, 0) is 4.79 Å². The molecule has 0 radical (unpaired) electrons. The van der Waals surface area contributed by atoms with Crippen LogP contribution in [0.15, 0.2) is 47.6 Å². The number of ether oxygens (including phenoxy) is 3. The zero-order valence-corrected chi connectivity index (χ0v) is 16.5. The van der Waals surface area contributed by atoms with Crippen molar-refractivity contribution in [3.8, 4) is 17.2 Å². The third kappa shape index (κ3) is 5.85. The van der Waals surface area contributed by atoms with Gasteiger partial charge in [-0.3, -0.25) is 5.43 Å². The normalized spacial score (nSPS) is 10.8. The first-order chi connectivity index (χ1) is 13.4. The van der Waals surface area contributed by atoms with Crippen LogP contribution >= 0.6 is 12.2 Å². The van der Waals surface area contributed by atoms with Crippen LogP contribution < -0.4 is 25.0 Å². The van der Waals surface area contributed by atoms with Crippen LogP contribution in [0.5, 0.6) is 17.2 Å². The molecule has 0 atom stereocenters. The van der Waals surface area contributed by atoms with E-state index in [-0.39, 0.29) is 0 Å². The second-order valence-corrected chi connectivity index (χ2v) is 5.92. The Kier molecular flexibility index (Phi) is 7.58. The molecule has 28 heavy (non-hydrogen) atoms. The van der Waals surface area contributed by atoms with Crippen LogP contribution in [0.3, 0.4) is 0 Å². The zero-order valence-electron chi connectivity index (χ0n) is 15.7. The first-order valence-electron chi connectivity index (χ1n) is 8.22. The summed E-state index contributed by atoms with van der Waals surface area (Å²) >= 11 is 5.26. The van der Waals surface area contributed by atoms with Gasteiger partial charge in [0.2, 0.25) is 0 Å². The predicted octanol–water partition coefficient (Wildman–Crippen LogP) is 2.88. The quantitative estimate of drug-likeness (QED) is 0.351. The summed E-state index contributed by atoms with van der Waals surface area (Å²) in [7, 11) is 3.06. The Labute approximate surface area is 168 Å². The first kappa shape index (κ1) is 21.0. The number of carboxylic acids is 1. The van der Waals surface area contributed by atoms with Gasteiger partial charge in [-0.1, -0.05) is 12.1 Å². The molecule has 2 rings (SSSR count). The van der Waals surface area contributed by atoms with Gasteiger partial charge in [0.05, 0.1) is 25.6 Å². The molecule has 0 bridgehead atoms. The van der Waals surface area contributed by atoms with Gasteiger partial charge in [-0.2, -0.15) is 5.10 Å². The number of rotatable bonds is 8. The van der Waals surface area contributed by atoms with E-state index >= 15 is 0 Å². The van der Waals surface area contributed by atoms with Crippen molar-refractivity contribution in [2.75, 3.05) is 26.1 Å². The summed E-state index contributed by atoms with van der Waals surface area (Å²) in [5.74, 6) is 0.337. The Hall–Kier alpha value is -3.33. The molecule has 0 fully saturated rings. The first-order valence-corrected chi connectivity index (χ1v) is 8.62. The Bertz CT molecular complexity index is 886. The molecule has 0 saturated carbocycles. The molecule has 8 nitrogen and oxygen atoms in total. The number of carbonyl (C=O) groups is 1. The number of hydrogen-bond donors (Lipinski definition) is 3. The van der Waals surface area contributed by atoms with E-state index < -0.39 is 12.6 Å². The molecule has 2 aromatic rings. The van der Waals surface area contributed by atoms with Gasteiger partial charge in [-0.15, -0.1) is 0 Å². The minimum atomic E-state index is -1.07. The minimum absolute atomic E-state index is 0.303. The monoisotopic (exact) mass is 403 g/mol. The number of carboxylic acid groups (broad SMARTS) is 1. The summed E-state index contributed by atoms with van der Waals surface area (Å²) in [6, 6.07) is 12.5. The van der Waals surface area contributed by atoms with E-state index in [0.29, 0.717) is 28.1 Å². The molecular weight excluding hydrogens is 382 g/mol. The lowest BCUT2D eigenvalue weighted by Gasteiger charge is -2.12. The van der Waals surface area contributed by atoms with E-state index in [4.69, 9.17) is 31.5 Å². The van der Waals surface area contributed by atoms with Crippen LogP contribution in [0.25, 0.3) is 0 Å². The lowest BCUT2D eigenvalue weighted by molar-refractivity contribution is -0.139. The fraction of sp³-hybridized carbons (Fsp3) is 0.211. The highest BCUT2D eigenvalue weighted by atomic mass is 32.1. The van der Waals surface area contributed by atoms with E-state index in [0.717, 1.165) is 11.3 Å². The molecule has 9 heteroatoms. The van der Waals surface area contributed by atoms with E-state index in [1.165, 1.54) is 7.11 Å². The molecule has 3 N–H and O–H groups in total. The number of hydrogen-bond acceptors (Lipinski definition) is 6. The number of nitrogens with one attached hydrogen (secondary N) is 2. The van der Waals surface area contributed by atoms with Crippen LogP contribution in [0, 0.1) is 0 Å². The van der Waals surface area contributed by atoms with Crippen LogP contribution in [0.4, 0.5) is 5.69 Å². The lowest BCUT2D eigenvalue weighted by atomic mass is 10.1. The number of aliphatic carboxylic acids is 1. The maximum atomic E-state index is 10.6. The van der Waals surface area contributed by atoms with Crippen molar-refractivity contribution >= 4 is 34.7 Å². The second-order valence-electron chi connectivity index (χ2n) is 5.51. The molecule has 0 spiro atoms. The van der Waals surface area contributed by atoms with Gasteiger partial charge in [0.25, 0.3) is 0 Å². The Morgan fingerprint density at radius 3 is 2.50 bits per heavy atom. The molecule has 148 valence electrons. The largest absolute Gasteiger partial charge is 0.495 e. The highest BCUT2D eigenvalue weighted by Gasteiger charge is 2.10. The number of nitrogens with zero attached hydrogens (tertiary/aromatic N) is 1. The van der Waals surface area contributed by atoms with Gasteiger partial charge in [-0.05, 0) is 49.5 Å². The van der Waals surface area contributed by atoms with Crippen LogP contribution in [0.2, 0.25) is 0 Å². The summed E-state index contributed by atoms with van der Waals surface area (Å²) in [5, 5.41) is 16.3. The molecule has 0 aliphatic rings. The molecule has 0 saturated heterocycles. The van der Waals surface area contributed by atoms with Crippen LogP contribution in [0.1, 0.15) is 12.5 Å². The molecule has 0 aliphatic heterocycles. The lowest BCUT2D eigenvalue weighted by Crippen LogP contribution is -2.25. The number of para-hydroxylation sites is 2. The van der Waals surface area contributed by atoms with E-state index in [1.54, 1.807) is 32.2 Å². The second kappa shape index (κ2) is 10.1. The summed E-state index contributed by atoms with van der Waals surface area (Å²) in [5.41, 5.74) is 4.90. The average Bonchev–Trinajstić information content (AvgIpc) is 2.70. The topological polar surface area (TPSA) is 101 Å². The summed E-state index contributed by atoms with van der Waals surface area (Å²) in [6.45, 7) is 1.35. The van der Waals surface area contributed by atoms with Gasteiger partial charge >= 0.3 is 5.97 Å². The third-order valence-electron chi connectivity index (χ3n) is 3.61.